The molecule has 136 valence electrons. The number of carbonyl (C=O) groups is 1. The molecule has 1 N–H and O–H groups in total. The molecule has 0 radical (unpaired) electrons. The molecule has 2 fully saturated rings. The molecule has 0 spiro atoms. The van der Waals surface area contributed by atoms with Crippen LogP contribution in [0, 0.1) is 10.1 Å². The minimum absolute atomic E-state index is 0.111. The zero-order valence-corrected chi connectivity index (χ0v) is 14.7. The molecule has 1 aliphatic heterocycles. The van der Waals surface area contributed by atoms with Gasteiger partial charge in [-0.2, -0.15) is 0 Å². The second-order valence-electron chi connectivity index (χ2n) is 6.96. The molecule has 1 heterocycles. The second kappa shape index (κ2) is 7.82. The number of rotatable bonds is 5. The van der Waals surface area contributed by atoms with Gasteiger partial charge in [-0.05, 0) is 31.9 Å². The van der Waals surface area contributed by atoms with Gasteiger partial charge in [-0.1, -0.05) is 12.8 Å². The number of nitrogens with zero attached hydrogens (tertiary/aromatic N) is 3. The minimum Gasteiger partial charge on any atom is -0.369 e. The molecule has 0 aromatic heterocycles. The monoisotopic (exact) mass is 346 g/mol. The van der Waals surface area contributed by atoms with E-state index in [9.17, 15) is 14.9 Å². The third-order valence-electron chi connectivity index (χ3n) is 5.37. The first kappa shape index (κ1) is 17.7. The maximum atomic E-state index is 12.4. The molecule has 1 saturated carbocycles. The molecule has 1 aromatic rings. The highest BCUT2D eigenvalue weighted by molar-refractivity contribution is 5.81. The van der Waals surface area contributed by atoms with E-state index < -0.39 is 0 Å². The van der Waals surface area contributed by atoms with Crippen molar-refractivity contribution in [1.29, 1.82) is 0 Å². The standard InChI is InChI=1S/C18H26N4O3/c1-14(18(23)19-15-4-2-3-5-15)20-10-12-21(13-11-20)16-6-8-17(9-7-16)22(24)25/h6-9,14-15H,2-5,10-13H2,1H3,(H,19,23)/t14-/m0/s1. The van der Waals surface area contributed by atoms with Crippen LogP contribution in [0.15, 0.2) is 24.3 Å². The summed E-state index contributed by atoms with van der Waals surface area (Å²) in [5.74, 6) is 0.135. The van der Waals surface area contributed by atoms with Crippen LogP contribution in [0.5, 0.6) is 0 Å². The maximum absolute atomic E-state index is 12.4. The van der Waals surface area contributed by atoms with Crippen molar-refractivity contribution in [3.05, 3.63) is 34.4 Å². The van der Waals surface area contributed by atoms with Gasteiger partial charge in [-0.15, -0.1) is 0 Å². The Bertz CT molecular complexity index is 605. The molecule has 0 bridgehead atoms. The molecule has 1 aromatic carbocycles. The number of nitrogens with one attached hydrogen (secondary N) is 1. The molecule has 3 rings (SSSR count). The molecule has 7 heteroatoms. The van der Waals surface area contributed by atoms with Crippen LogP contribution >= 0.6 is 0 Å². The van der Waals surface area contributed by atoms with Crippen molar-refractivity contribution in [1.82, 2.24) is 10.2 Å². The number of hydrogen-bond donors (Lipinski definition) is 1. The van der Waals surface area contributed by atoms with Crippen molar-refractivity contribution in [3.8, 4) is 0 Å². The van der Waals surface area contributed by atoms with E-state index in [1.54, 1.807) is 24.3 Å². The van der Waals surface area contributed by atoms with Crippen molar-refractivity contribution >= 4 is 17.3 Å². The third-order valence-corrected chi connectivity index (χ3v) is 5.37. The molecule has 7 nitrogen and oxygen atoms in total. The molecule has 0 unspecified atom stereocenters. The summed E-state index contributed by atoms with van der Waals surface area (Å²) in [6.45, 7) is 5.25. The predicted molar refractivity (Wildman–Crippen MR) is 96.7 cm³/mol. The van der Waals surface area contributed by atoms with Crippen LogP contribution in [0.1, 0.15) is 32.6 Å². The SMILES string of the molecule is C[C@@H](C(=O)NC1CCCC1)N1CCN(c2ccc([N+](=O)[O-])cc2)CC1. The number of carbonyl (C=O) groups excluding carboxylic acids is 1. The van der Waals surface area contributed by atoms with E-state index in [4.69, 9.17) is 0 Å². The average Bonchev–Trinajstić information content (AvgIpc) is 3.14. The third kappa shape index (κ3) is 4.28. The van der Waals surface area contributed by atoms with Crippen molar-refractivity contribution in [2.45, 2.75) is 44.7 Å². The van der Waals surface area contributed by atoms with Crippen molar-refractivity contribution in [3.63, 3.8) is 0 Å². The number of hydrogen-bond acceptors (Lipinski definition) is 5. The predicted octanol–water partition coefficient (Wildman–Crippen LogP) is 2.16. The Balaban J connectivity index is 1.50. The lowest BCUT2D eigenvalue weighted by molar-refractivity contribution is -0.384. The number of amides is 1. The van der Waals surface area contributed by atoms with E-state index in [-0.39, 0.29) is 22.6 Å². The highest BCUT2D eigenvalue weighted by Gasteiger charge is 2.27. The Kier molecular flexibility index (Phi) is 5.53. The lowest BCUT2D eigenvalue weighted by Crippen LogP contribution is -2.54. The number of nitro groups is 1. The smallest absolute Gasteiger partial charge is 0.269 e. The number of benzene rings is 1. The lowest BCUT2D eigenvalue weighted by Gasteiger charge is -2.38. The van der Waals surface area contributed by atoms with Crippen LogP contribution in [-0.2, 0) is 4.79 Å². The normalized spacial score (nSPS) is 20.4. The van der Waals surface area contributed by atoms with Gasteiger partial charge in [0.1, 0.15) is 0 Å². The summed E-state index contributed by atoms with van der Waals surface area (Å²) >= 11 is 0. The van der Waals surface area contributed by atoms with Crippen molar-refractivity contribution in [2.75, 3.05) is 31.1 Å². The number of anilines is 1. The Morgan fingerprint density at radius 1 is 1.16 bits per heavy atom. The van der Waals surface area contributed by atoms with Gasteiger partial charge in [0.15, 0.2) is 0 Å². The highest BCUT2D eigenvalue weighted by Crippen LogP contribution is 2.22. The van der Waals surface area contributed by atoms with E-state index in [0.29, 0.717) is 6.04 Å². The van der Waals surface area contributed by atoms with Crippen LogP contribution in [0.25, 0.3) is 0 Å². The first-order valence-electron chi connectivity index (χ1n) is 9.08. The number of non-ortho nitro benzene ring substituents is 1. The molecule has 1 atom stereocenters. The van der Waals surface area contributed by atoms with Crippen LogP contribution < -0.4 is 10.2 Å². The highest BCUT2D eigenvalue weighted by atomic mass is 16.6. The second-order valence-corrected chi connectivity index (χ2v) is 6.96. The van der Waals surface area contributed by atoms with Gasteiger partial charge in [0.25, 0.3) is 5.69 Å². The van der Waals surface area contributed by atoms with E-state index in [1.807, 2.05) is 6.92 Å². The molecule has 1 aliphatic carbocycles. The molecular formula is C18H26N4O3. The van der Waals surface area contributed by atoms with E-state index >= 15 is 0 Å². The van der Waals surface area contributed by atoms with E-state index in [0.717, 1.165) is 44.7 Å². The maximum Gasteiger partial charge on any atom is 0.269 e. The van der Waals surface area contributed by atoms with Gasteiger partial charge >= 0.3 is 0 Å². The Labute approximate surface area is 148 Å². The van der Waals surface area contributed by atoms with Gasteiger partial charge in [0, 0.05) is 50.0 Å². The largest absolute Gasteiger partial charge is 0.369 e. The van der Waals surface area contributed by atoms with Gasteiger partial charge in [-0.25, -0.2) is 0 Å². The number of nitro benzene ring substituents is 1. The Morgan fingerprint density at radius 2 is 1.76 bits per heavy atom. The van der Waals surface area contributed by atoms with Crippen molar-refractivity contribution < 1.29 is 9.72 Å². The average molecular weight is 346 g/mol. The molecule has 1 saturated heterocycles. The number of piperazine rings is 1. The van der Waals surface area contributed by atoms with Crippen LogP contribution in [0.3, 0.4) is 0 Å². The van der Waals surface area contributed by atoms with Gasteiger partial charge < -0.3 is 10.2 Å². The first-order valence-corrected chi connectivity index (χ1v) is 9.08. The molecule has 25 heavy (non-hydrogen) atoms. The molecular weight excluding hydrogens is 320 g/mol. The Morgan fingerprint density at radius 3 is 2.32 bits per heavy atom. The minimum atomic E-state index is -0.383. The van der Waals surface area contributed by atoms with Crippen LogP contribution in [0.4, 0.5) is 11.4 Å². The summed E-state index contributed by atoms with van der Waals surface area (Å²) in [5.41, 5.74) is 1.10. The lowest BCUT2D eigenvalue weighted by atomic mass is 10.1. The van der Waals surface area contributed by atoms with Crippen LogP contribution in [0.2, 0.25) is 0 Å². The van der Waals surface area contributed by atoms with Crippen LogP contribution in [-0.4, -0.2) is 54.0 Å². The fourth-order valence-corrected chi connectivity index (χ4v) is 3.71. The molecule has 1 amide bonds. The van der Waals surface area contributed by atoms with E-state index in [2.05, 4.69) is 15.1 Å². The fourth-order valence-electron chi connectivity index (χ4n) is 3.71. The summed E-state index contributed by atoms with van der Waals surface area (Å²) in [6.07, 6.45) is 4.64. The summed E-state index contributed by atoms with van der Waals surface area (Å²) in [4.78, 5) is 27.2. The van der Waals surface area contributed by atoms with Crippen molar-refractivity contribution in [2.24, 2.45) is 0 Å². The summed E-state index contributed by atoms with van der Waals surface area (Å²) < 4.78 is 0. The van der Waals surface area contributed by atoms with Gasteiger partial charge in [0.05, 0.1) is 11.0 Å². The zero-order valence-electron chi connectivity index (χ0n) is 14.7. The first-order chi connectivity index (χ1) is 12.0. The van der Waals surface area contributed by atoms with Gasteiger partial charge in [-0.3, -0.25) is 19.8 Å². The summed E-state index contributed by atoms with van der Waals surface area (Å²) in [6, 6.07) is 6.92. The zero-order chi connectivity index (χ0) is 17.8. The molecule has 2 aliphatic rings. The fraction of sp³-hybridized carbons (Fsp3) is 0.611. The summed E-state index contributed by atoms with van der Waals surface area (Å²) in [7, 11) is 0. The topological polar surface area (TPSA) is 78.7 Å². The Hall–Kier alpha value is -2.15. The van der Waals surface area contributed by atoms with Gasteiger partial charge in [0.2, 0.25) is 5.91 Å². The quantitative estimate of drug-likeness (QED) is 0.653. The van der Waals surface area contributed by atoms with E-state index in [1.165, 1.54) is 12.8 Å². The summed E-state index contributed by atoms with van der Waals surface area (Å²) in [5, 5.41) is 13.9.